The summed E-state index contributed by atoms with van der Waals surface area (Å²) in [6.45, 7) is 9.75. The molecule has 4 aliphatic rings. The zero-order chi connectivity index (χ0) is 22.6. The summed E-state index contributed by atoms with van der Waals surface area (Å²) in [5, 5.41) is 9.47. The maximum absolute atomic E-state index is 13.1. The zero-order valence-corrected chi connectivity index (χ0v) is 19.2. The highest BCUT2D eigenvalue weighted by Gasteiger charge is 2.53. The molecule has 1 N–H and O–H groups in total. The molecule has 0 bridgehead atoms. The molecule has 0 amide bonds. The van der Waals surface area contributed by atoms with Crippen molar-refractivity contribution in [2.24, 2.45) is 22.7 Å². The van der Waals surface area contributed by atoms with Crippen LogP contribution in [0.3, 0.4) is 0 Å². The summed E-state index contributed by atoms with van der Waals surface area (Å²) < 4.78 is 0. The molecule has 5 atom stereocenters. The molecule has 0 aromatic rings. The molecule has 4 rings (SSSR count). The Morgan fingerprint density at radius 1 is 1.16 bits per heavy atom. The van der Waals surface area contributed by atoms with E-state index in [4.69, 9.17) is 0 Å². The molecule has 168 valence electrons. The Kier molecular flexibility index (Phi) is 5.51. The Labute approximate surface area is 185 Å². The van der Waals surface area contributed by atoms with Crippen molar-refractivity contribution in [2.45, 2.75) is 78.7 Å². The summed E-state index contributed by atoms with van der Waals surface area (Å²) in [4.78, 5) is 39.3. The van der Waals surface area contributed by atoms with Crippen LogP contribution in [0.5, 0.6) is 0 Å². The number of ketones is 2. The number of allylic oxidation sites excluding steroid dienone is 5. The van der Waals surface area contributed by atoms with E-state index in [1.165, 1.54) is 24.1 Å². The summed E-state index contributed by atoms with van der Waals surface area (Å²) in [5.41, 5.74) is 2.42. The highest BCUT2D eigenvalue weighted by molar-refractivity contribution is 6.19. The van der Waals surface area contributed by atoms with E-state index in [0.717, 1.165) is 25.7 Å². The van der Waals surface area contributed by atoms with Gasteiger partial charge < -0.3 is 10.0 Å². The number of hydrogen-bond acceptors (Lipinski definition) is 4. The minimum atomic E-state index is -0.933. The molecule has 0 radical (unpaired) electrons. The standard InChI is InChI=1S/C26H35NO4/c1-16-7-5-9-23-25(16,3)11-10-17(2)26(23,4)15-18-13-22(29)20(14-21(18)28)27-12-6-8-19(27)24(30)31/h7,13-14,17,19,23H,5-6,8-12,15H2,1-4H3,(H,30,31)/t17-,19-,23+,25+,26+/m0/s1. The van der Waals surface area contributed by atoms with Gasteiger partial charge in [-0.1, -0.05) is 32.4 Å². The first-order valence-electron chi connectivity index (χ1n) is 11.8. The Bertz CT molecular complexity index is 912. The normalized spacial score (nSPS) is 38.4. The van der Waals surface area contributed by atoms with Crippen LogP contribution in [0.4, 0.5) is 0 Å². The van der Waals surface area contributed by atoms with Crippen LogP contribution in [-0.2, 0) is 14.4 Å². The molecular weight excluding hydrogens is 390 g/mol. The lowest BCUT2D eigenvalue weighted by molar-refractivity contribution is -0.141. The molecule has 31 heavy (non-hydrogen) atoms. The summed E-state index contributed by atoms with van der Waals surface area (Å²) in [6.07, 6.45) is 11.6. The number of carboxylic acid groups (broad SMARTS) is 1. The number of carbonyl (C=O) groups excluding carboxylic acids is 2. The molecule has 1 aliphatic heterocycles. The van der Waals surface area contributed by atoms with Gasteiger partial charge in [-0.2, -0.15) is 0 Å². The average molecular weight is 426 g/mol. The highest BCUT2D eigenvalue weighted by atomic mass is 16.4. The first-order valence-corrected chi connectivity index (χ1v) is 11.8. The number of nitrogens with zero attached hydrogens (tertiary/aromatic N) is 1. The van der Waals surface area contributed by atoms with E-state index >= 15 is 0 Å². The van der Waals surface area contributed by atoms with Crippen LogP contribution in [0.15, 0.2) is 35.1 Å². The van der Waals surface area contributed by atoms with Crippen molar-refractivity contribution in [1.29, 1.82) is 0 Å². The topological polar surface area (TPSA) is 74.7 Å². The monoisotopic (exact) mass is 425 g/mol. The van der Waals surface area contributed by atoms with Gasteiger partial charge in [0.15, 0.2) is 5.78 Å². The second-order valence-corrected chi connectivity index (χ2v) is 10.7. The van der Waals surface area contributed by atoms with Crippen LogP contribution in [0.1, 0.15) is 72.6 Å². The maximum Gasteiger partial charge on any atom is 0.326 e. The van der Waals surface area contributed by atoms with Gasteiger partial charge in [0.25, 0.3) is 0 Å². The maximum atomic E-state index is 13.1. The molecule has 1 saturated carbocycles. The smallest absolute Gasteiger partial charge is 0.326 e. The van der Waals surface area contributed by atoms with Crippen LogP contribution in [0, 0.1) is 22.7 Å². The molecule has 0 unspecified atom stereocenters. The van der Waals surface area contributed by atoms with Gasteiger partial charge in [-0.25, -0.2) is 4.79 Å². The molecule has 1 heterocycles. The molecule has 1 saturated heterocycles. The van der Waals surface area contributed by atoms with Gasteiger partial charge >= 0.3 is 5.97 Å². The van der Waals surface area contributed by atoms with Gasteiger partial charge in [-0.15, -0.1) is 0 Å². The molecule has 5 heteroatoms. The average Bonchev–Trinajstić information content (AvgIpc) is 3.19. The van der Waals surface area contributed by atoms with E-state index < -0.39 is 12.0 Å². The fourth-order valence-corrected chi connectivity index (χ4v) is 6.88. The number of carbonyl (C=O) groups is 3. The van der Waals surface area contributed by atoms with Gasteiger partial charge in [-0.3, -0.25) is 9.59 Å². The molecule has 0 aromatic heterocycles. The number of carboxylic acids is 1. The van der Waals surface area contributed by atoms with E-state index in [1.54, 1.807) is 4.90 Å². The Morgan fingerprint density at radius 3 is 2.61 bits per heavy atom. The molecular formula is C26H35NO4. The quantitative estimate of drug-likeness (QED) is 0.523. The first-order chi connectivity index (χ1) is 14.6. The van der Waals surface area contributed by atoms with Crippen molar-refractivity contribution >= 4 is 17.5 Å². The van der Waals surface area contributed by atoms with Crippen molar-refractivity contribution in [2.75, 3.05) is 6.54 Å². The van der Waals surface area contributed by atoms with Crippen molar-refractivity contribution in [3.05, 3.63) is 35.1 Å². The fourth-order valence-electron chi connectivity index (χ4n) is 6.88. The van der Waals surface area contributed by atoms with Crippen LogP contribution >= 0.6 is 0 Å². The van der Waals surface area contributed by atoms with Crippen LogP contribution in [0.25, 0.3) is 0 Å². The van der Waals surface area contributed by atoms with E-state index in [1.807, 2.05) is 0 Å². The summed E-state index contributed by atoms with van der Waals surface area (Å²) in [5.74, 6) is -0.331. The lowest BCUT2D eigenvalue weighted by Gasteiger charge is -2.58. The summed E-state index contributed by atoms with van der Waals surface area (Å²) in [7, 11) is 0. The summed E-state index contributed by atoms with van der Waals surface area (Å²) in [6, 6.07) is -0.716. The third kappa shape index (κ3) is 3.50. The van der Waals surface area contributed by atoms with Gasteiger partial charge in [0.2, 0.25) is 5.78 Å². The van der Waals surface area contributed by atoms with E-state index in [-0.39, 0.29) is 28.1 Å². The van der Waals surface area contributed by atoms with Crippen LogP contribution in [-0.4, -0.2) is 40.1 Å². The van der Waals surface area contributed by atoms with Crippen LogP contribution in [0.2, 0.25) is 0 Å². The van der Waals surface area contributed by atoms with Gasteiger partial charge in [-0.05, 0) is 80.6 Å². The largest absolute Gasteiger partial charge is 0.480 e. The first kappa shape index (κ1) is 22.0. The third-order valence-corrected chi connectivity index (χ3v) is 9.16. The Morgan fingerprint density at radius 2 is 1.90 bits per heavy atom. The van der Waals surface area contributed by atoms with Crippen molar-refractivity contribution in [3.63, 3.8) is 0 Å². The summed E-state index contributed by atoms with van der Waals surface area (Å²) >= 11 is 0. The van der Waals surface area contributed by atoms with E-state index in [2.05, 4.69) is 33.8 Å². The number of fused-ring (bicyclic) bond motifs is 1. The second-order valence-electron chi connectivity index (χ2n) is 10.7. The SMILES string of the molecule is CC1=CCC[C@H]2[C@](C)(CC3=CC(=O)C(N4CCC[C@H]4C(=O)O)=CC3=O)[C@@H](C)CC[C@]12C. The Hall–Kier alpha value is -2.17. The van der Waals surface area contributed by atoms with E-state index in [0.29, 0.717) is 36.8 Å². The van der Waals surface area contributed by atoms with Crippen molar-refractivity contribution in [1.82, 2.24) is 4.90 Å². The highest BCUT2D eigenvalue weighted by Crippen LogP contribution is 2.62. The lowest BCUT2D eigenvalue weighted by Crippen LogP contribution is -2.50. The predicted molar refractivity (Wildman–Crippen MR) is 119 cm³/mol. The molecule has 2 fully saturated rings. The second kappa shape index (κ2) is 7.75. The predicted octanol–water partition coefficient (Wildman–Crippen LogP) is 4.69. The minimum Gasteiger partial charge on any atom is -0.480 e. The van der Waals surface area contributed by atoms with Gasteiger partial charge in [0, 0.05) is 18.2 Å². The van der Waals surface area contributed by atoms with E-state index in [9.17, 15) is 19.5 Å². The minimum absolute atomic E-state index is 0.0487. The number of aliphatic carboxylic acids is 1. The van der Waals surface area contributed by atoms with Gasteiger partial charge in [0.1, 0.15) is 6.04 Å². The molecule has 3 aliphatic carbocycles. The number of likely N-dealkylation sites (tertiary alicyclic amines) is 1. The molecule has 5 nitrogen and oxygen atoms in total. The van der Waals surface area contributed by atoms with Gasteiger partial charge in [0.05, 0.1) is 5.70 Å². The zero-order valence-electron chi connectivity index (χ0n) is 19.2. The fraction of sp³-hybridized carbons (Fsp3) is 0.654. The van der Waals surface area contributed by atoms with Crippen molar-refractivity contribution in [3.8, 4) is 0 Å². The van der Waals surface area contributed by atoms with Crippen molar-refractivity contribution < 1.29 is 19.5 Å². The van der Waals surface area contributed by atoms with Crippen LogP contribution < -0.4 is 0 Å². The Balaban J connectivity index is 1.60. The number of hydrogen-bond donors (Lipinski definition) is 1. The lowest BCUT2D eigenvalue weighted by atomic mass is 9.46. The molecule has 0 aromatic carbocycles. The molecule has 0 spiro atoms. The third-order valence-electron chi connectivity index (χ3n) is 9.16. The number of rotatable bonds is 4.